The van der Waals surface area contributed by atoms with Crippen LogP contribution in [-0.4, -0.2) is 31.0 Å². The number of hydrogen-bond acceptors (Lipinski definition) is 6. The fourth-order valence-electron chi connectivity index (χ4n) is 2.74. The molecule has 0 atom stereocenters. The van der Waals surface area contributed by atoms with Gasteiger partial charge in [0.05, 0.1) is 5.69 Å². The Bertz CT molecular complexity index is 1050. The summed E-state index contributed by atoms with van der Waals surface area (Å²) in [6.07, 6.45) is 0.515. The van der Waals surface area contributed by atoms with Crippen molar-refractivity contribution in [3.63, 3.8) is 0 Å². The Labute approximate surface area is 145 Å². The molecule has 0 unspecified atom stereocenters. The number of rotatable bonds is 2. The predicted molar refractivity (Wildman–Crippen MR) is 88.4 cm³/mol. The Hall–Kier alpha value is -3.36. The number of aryl methyl sites for hydroxylation is 1. The van der Waals surface area contributed by atoms with Crippen LogP contribution in [0.5, 0.6) is 0 Å². The van der Waals surface area contributed by atoms with Crippen molar-refractivity contribution in [2.75, 3.05) is 0 Å². The molecule has 1 fully saturated rings. The van der Waals surface area contributed by atoms with Crippen molar-refractivity contribution in [1.29, 1.82) is 0 Å². The number of aliphatic hydroxyl groups is 1. The van der Waals surface area contributed by atoms with Crippen LogP contribution in [0.25, 0.3) is 11.4 Å². The van der Waals surface area contributed by atoms with Gasteiger partial charge in [-0.1, -0.05) is 0 Å². The quantitative estimate of drug-likeness (QED) is 0.479. The van der Waals surface area contributed by atoms with Gasteiger partial charge in [-0.3, -0.25) is 14.4 Å². The lowest BCUT2D eigenvalue weighted by atomic mass is 9.91. The largest absolute Gasteiger partial charge is 0.505 e. The summed E-state index contributed by atoms with van der Waals surface area (Å²) in [5.74, 6) is -2.57. The summed E-state index contributed by atoms with van der Waals surface area (Å²) >= 11 is 0. The number of allylic oxidation sites excluding steroid dienone is 1. The molecule has 1 saturated carbocycles. The summed E-state index contributed by atoms with van der Waals surface area (Å²) in [4.78, 5) is 49.0. The zero-order valence-electron chi connectivity index (χ0n) is 13.7. The maximum Gasteiger partial charge on any atom is 0.351 e. The molecule has 3 rings (SSSR count). The second kappa shape index (κ2) is 6.51. The van der Waals surface area contributed by atoms with E-state index in [2.05, 4.69) is 5.10 Å². The Kier molecular flexibility index (Phi) is 4.37. The molecule has 1 N–H and O–H groups in total. The van der Waals surface area contributed by atoms with Crippen molar-refractivity contribution in [3.8, 4) is 5.69 Å². The number of aromatic nitrogens is 3. The van der Waals surface area contributed by atoms with Crippen LogP contribution in [0.3, 0.4) is 0 Å². The standard InChI is InChI=1S/C17H14FN3O5/c1-20-17(26)21(10-7-5-9(18)6-8-10)16(25)14(19-20)15(24)13-11(22)3-2-4-12(13)23/h5-8,24H,2-4H2,1H3. The average molecular weight is 359 g/mol. The Morgan fingerprint density at radius 3 is 2.23 bits per heavy atom. The van der Waals surface area contributed by atoms with Crippen molar-refractivity contribution in [1.82, 2.24) is 14.3 Å². The molecule has 9 heteroatoms. The van der Waals surface area contributed by atoms with E-state index in [0.29, 0.717) is 11.0 Å². The summed E-state index contributed by atoms with van der Waals surface area (Å²) in [7, 11) is 1.24. The first kappa shape index (κ1) is 17.5. The van der Waals surface area contributed by atoms with Crippen LogP contribution in [0.1, 0.15) is 25.0 Å². The normalized spacial score (nSPS) is 14.6. The maximum atomic E-state index is 13.1. The van der Waals surface area contributed by atoms with Gasteiger partial charge >= 0.3 is 5.69 Å². The van der Waals surface area contributed by atoms with Crippen LogP contribution in [-0.2, 0) is 16.6 Å². The number of nitrogens with zero attached hydrogens (tertiary/aromatic N) is 3. The molecule has 0 saturated heterocycles. The van der Waals surface area contributed by atoms with E-state index in [0.717, 1.165) is 16.8 Å². The molecule has 1 aromatic heterocycles. The topological polar surface area (TPSA) is 111 Å². The van der Waals surface area contributed by atoms with Gasteiger partial charge in [0.25, 0.3) is 5.56 Å². The first-order valence-corrected chi connectivity index (χ1v) is 7.77. The summed E-state index contributed by atoms with van der Waals surface area (Å²) in [5.41, 5.74) is -2.87. The van der Waals surface area contributed by atoms with E-state index in [-0.39, 0.29) is 18.5 Å². The van der Waals surface area contributed by atoms with Gasteiger partial charge in [0.2, 0.25) is 0 Å². The van der Waals surface area contributed by atoms with E-state index in [1.165, 1.54) is 19.2 Å². The minimum Gasteiger partial charge on any atom is -0.505 e. The van der Waals surface area contributed by atoms with Crippen LogP contribution in [0, 0.1) is 5.82 Å². The number of hydrogen-bond donors (Lipinski definition) is 1. The van der Waals surface area contributed by atoms with E-state index in [4.69, 9.17) is 0 Å². The fraction of sp³-hybridized carbons (Fsp3) is 0.235. The highest BCUT2D eigenvalue weighted by molar-refractivity contribution is 6.25. The smallest absolute Gasteiger partial charge is 0.351 e. The Morgan fingerprint density at radius 2 is 1.65 bits per heavy atom. The van der Waals surface area contributed by atoms with Crippen LogP contribution in [0.15, 0.2) is 39.4 Å². The minimum atomic E-state index is -1.02. The number of aliphatic hydroxyl groups excluding tert-OH is 1. The third kappa shape index (κ3) is 2.87. The number of ketones is 2. The van der Waals surface area contributed by atoms with Gasteiger partial charge in [-0.2, -0.15) is 5.10 Å². The molecule has 1 aliphatic rings. The van der Waals surface area contributed by atoms with E-state index >= 15 is 0 Å². The molecule has 1 aromatic carbocycles. The monoisotopic (exact) mass is 359 g/mol. The van der Waals surface area contributed by atoms with Gasteiger partial charge in [0.1, 0.15) is 11.4 Å². The number of carbonyl (C=O) groups is 2. The van der Waals surface area contributed by atoms with Gasteiger partial charge in [-0.05, 0) is 30.7 Å². The van der Waals surface area contributed by atoms with Crippen LogP contribution in [0.4, 0.5) is 4.39 Å². The second-order valence-corrected chi connectivity index (χ2v) is 5.80. The van der Waals surface area contributed by atoms with Crippen molar-refractivity contribution >= 4 is 17.3 Å². The molecule has 1 aliphatic carbocycles. The SMILES string of the molecule is Cn1nc(C(O)=C2C(=O)CCCC2=O)c(=O)n(-c2ccc(F)cc2)c1=O. The van der Waals surface area contributed by atoms with Gasteiger partial charge in [-0.15, -0.1) is 0 Å². The van der Waals surface area contributed by atoms with E-state index in [9.17, 15) is 28.7 Å². The molecule has 0 aliphatic heterocycles. The highest BCUT2D eigenvalue weighted by atomic mass is 19.1. The van der Waals surface area contributed by atoms with Crippen molar-refractivity contribution < 1.29 is 19.1 Å². The molecule has 8 nitrogen and oxygen atoms in total. The first-order valence-electron chi connectivity index (χ1n) is 7.77. The highest BCUT2D eigenvalue weighted by Gasteiger charge is 2.30. The van der Waals surface area contributed by atoms with Crippen LogP contribution in [0.2, 0.25) is 0 Å². The number of carbonyl (C=O) groups excluding carboxylic acids is 2. The van der Waals surface area contributed by atoms with Gasteiger partial charge in [0, 0.05) is 19.9 Å². The van der Waals surface area contributed by atoms with Crippen LogP contribution < -0.4 is 11.2 Å². The average Bonchev–Trinajstić information content (AvgIpc) is 2.59. The molecule has 134 valence electrons. The van der Waals surface area contributed by atoms with E-state index in [1.54, 1.807) is 0 Å². The predicted octanol–water partition coefficient (Wildman–Crippen LogP) is 0.662. The molecule has 26 heavy (non-hydrogen) atoms. The molecule has 0 bridgehead atoms. The second-order valence-electron chi connectivity index (χ2n) is 5.80. The minimum absolute atomic E-state index is 0.0553. The molecule has 2 aromatic rings. The lowest BCUT2D eigenvalue weighted by Crippen LogP contribution is -2.41. The Morgan fingerprint density at radius 1 is 1.08 bits per heavy atom. The summed E-state index contributed by atoms with van der Waals surface area (Å²) in [6, 6.07) is 4.55. The number of Topliss-reactive ketones (excluding diaryl/α,β-unsaturated/α-hetero) is 2. The number of benzene rings is 1. The molecule has 0 spiro atoms. The van der Waals surface area contributed by atoms with Crippen molar-refractivity contribution in [2.45, 2.75) is 19.3 Å². The number of halogens is 1. The zero-order valence-corrected chi connectivity index (χ0v) is 13.7. The lowest BCUT2D eigenvalue weighted by molar-refractivity contribution is -0.123. The zero-order chi connectivity index (χ0) is 19.0. The molecule has 0 radical (unpaired) electrons. The fourth-order valence-corrected chi connectivity index (χ4v) is 2.74. The third-order valence-electron chi connectivity index (χ3n) is 4.04. The summed E-state index contributed by atoms with van der Waals surface area (Å²) < 4.78 is 14.6. The first-order chi connectivity index (χ1) is 12.3. The summed E-state index contributed by atoms with van der Waals surface area (Å²) in [6.45, 7) is 0. The Balaban J connectivity index is 2.29. The lowest BCUT2D eigenvalue weighted by Gasteiger charge is -2.14. The van der Waals surface area contributed by atoms with Gasteiger partial charge < -0.3 is 5.11 Å². The molecule has 0 amide bonds. The maximum absolute atomic E-state index is 13.1. The summed E-state index contributed by atoms with van der Waals surface area (Å²) in [5, 5.41) is 14.1. The molecular formula is C17H14FN3O5. The highest BCUT2D eigenvalue weighted by Crippen LogP contribution is 2.22. The van der Waals surface area contributed by atoms with Crippen molar-refractivity contribution in [3.05, 3.63) is 62.2 Å². The van der Waals surface area contributed by atoms with Gasteiger partial charge in [0.15, 0.2) is 23.0 Å². The van der Waals surface area contributed by atoms with Gasteiger partial charge in [-0.25, -0.2) is 18.4 Å². The third-order valence-corrected chi connectivity index (χ3v) is 4.04. The van der Waals surface area contributed by atoms with Crippen molar-refractivity contribution in [2.24, 2.45) is 7.05 Å². The van der Waals surface area contributed by atoms with E-state index < -0.39 is 45.7 Å². The molecular weight excluding hydrogens is 345 g/mol. The van der Waals surface area contributed by atoms with E-state index in [1.807, 2.05) is 0 Å². The molecule has 1 heterocycles. The van der Waals surface area contributed by atoms with Crippen LogP contribution >= 0.6 is 0 Å².